The van der Waals surface area contributed by atoms with Crippen molar-refractivity contribution in [2.24, 2.45) is 47.3 Å². The predicted molar refractivity (Wildman–Crippen MR) is 52.4 cm³/mol. The van der Waals surface area contributed by atoms with Crippen LogP contribution in [0, 0.1) is 47.3 Å². The number of rotatable bonds is 2. The number of aliphatic carboxylic acids is 1. The third kappa shape index (κ3) is 0.430. The first kappa shape index (κ1) is 7.70. The van der Waals surface area contributed by atoms with Crippen molar-refractivity contribution >= 4 is 5.97 Å². The van der Waals surface area contributed by atoms with Crippen LogP contribution in [0.2, 0.25) is 0 Å². The number of ether oxygens (including phenoxy) is 1. The quantitative estimate of drug-likeness (QED) is 0.751. The van der Waals surface area contributed by atoms with Crippen LogP contribution in [0.15, 0.2) is 0 Å². The van der Waals surface area contributed by atoms with Gasteiger partial charge in [-0.25, -0.2) is 0 Å². The van der Waals surface area contributed by atoms with Gasteiger partial charge in [-0.3, -0.25) is 4.79 Å². The molecule has 7 aliphatic rings. The molecule has 0 aromatic heterocycles. The van der Waals surface area contributed by atoms with Crippen LogP contribution in [0.3, 0.4) is 0 Å². The first-order valence-electron chi connectivity index (χ1n) is 6.64. The molecule has 3 nitrogen and oxygen atoms in total. The lowest BCUT2D eigenvalue weighted by atomic mass is 9.57. The Balaban J connectivity index is 1.62. The molecule has 0 spiro atoms. The van der Waals surface area contributed by atoms with Crippen molar-refractivity contribution < 1.29 is 14.6 Å². The number of carboxylic acid groups (broad SMARTS) is 1. The summed E-state index contributed by atoms with van der Waals surface area (Å²) in [6.07, 6.45) is 2.19. The monoisotopic (exact) mass is 218 g/mol. The molecule has 5 aliphatic carbocycles. The number of hydrogen-bond donors (Lipinski definition) is 1. The van der Waals surface area contributed by atoms with Crippen LogP contribution in [-0.4, -0.2) is 22.8 Å². The second-order valence-corrected chi connectivity index (χ2v) is 7.03. The minimum Gasteiger partial charge on any atom is -0.481 e. The second kappa shape index (κ2) is 1.76. The molecular formula is C13H14O3. The van der Waals surface area contributed by atoms with Crippen molar-refractivity contribution in [2.75, 3.05) is 0 Å². The standard InChI is InChI=1S/C13H14O3/c14-5(15)2-13-10-4-1-3-6-7(4)11(13)9(6)12(16-13)8(3)10/h3-4,6-12H,1-2H2,(H,14,15)/t3-,4-,6+,7+,8-,9+,10-,11-,12-,13-/m1/s1. The van der Waals surface area contributed by atoms with Crippen LogP contribution in [0.4, 0.5) is 0 Å². The summed E-state index contributed by atoms with van der Waals surface area (Å²) < 4.78 is 6.29. The van der Waals surface area contributed by atoms with Crippen LogP contribution >= 0.6 is 0 Å². The highest BCUT2D eigenvalue weighted by Crippen LogP contribution is 2.90. The lowest BCUT2D eigenvalue weighted by molar-refractivity contribution is -0.145. The Labute approximate surface area is 93.2 Å². The number of hydrogen-bond acceptors (Lipinski definition) is 2. The maximum absolute atomic E-state index is 11.1. The molecule has 7 rings (SSSR count). The van der Waals surface area contributed by atoms with Gasteiger partial charge in [0, 0.05) is 0 Å². The van der Waals surface area contributed by atoms with E-state index in [-0.39, 0.29) is 12.0 Å². The third-order valence-electron chi connectivity index (χ3n) is 7.29. The maximum atomic E-state index is 11.1. The van der Waals surface area contributed by atoms with Crippen molar-refractivity contribution in [2.45, 2.75) is 24.5 Å². The van der Waals surface area contributed by atoms with Crippen LogP contribution < -0.4 is 0 Å². The summed E-state index contributed by atoms with van der Waals surface area (Å²) in [4.78, 5) is 11.1. The molecule has 2 saturated heterocycles. The van der Waals surface area contributed by atoms with Gasteiger partial charge in [-0.15, -0.1) is 0 Å². The predicted octanol–water partition coefficient (Wildman–Crippen LogP) is 0.986. The third-order valence-corrected chi connectivity index (χ3v) is 7.29. The second-order valence-electron chi connectivity index (χ2n) is 7.03. The van der Waals surface area contributed by atoms with E-state index >= 15 is 0 Å². The molecule has 0 aromatic carbocycles. The molecule has 2 aliphatic heterocycles. The van der Waals surface area contributed by atoms with E-state index in [0.717, 1.165) is 35.5 Å². The van der Waals surface area contributed by atoms with Crippen molar-refractivity contribution in [3.63, 3.8) is 0 Å². The fourth-order valence-corrected chi connectivity index (χ4v) is 7.72. The maximum Gasteiger partial charge on any atom is 0.306 e. The van der Waals surface area contributed by atoms with Gasteiger partial charge in [0.05, 0.1) is 18.1 Å². The summed E-state index contributed by atoms with van der Waals surface area (Å²) in [7, 11) is 0. The van der Waals surface area contributed by atoms with E-state index in [1.165, 1.54) is 6.42 Å². The normalized spacial score (nSPS) is 77.9. The van der Waals surface area contributed by atoms with Crippen LogP contribution in [0.1, 0.15) is 12.8 Å². The summed E-state index contributed by atoms with van der Waals surface area (Å²) in [6.45, 7) is 0. The summed E-state index contributed by atoms with van der Waals surface area (Å²) in [5.41, 5.74) is -0.192. The molecule has 0 unspecified atom stereocenters. The van der Waals surface area contributed by atoms with E-state index in [9.17, 15) is 9.90 Å². The number of carboxylic acids is 1. The summed E-state index contributed by atoms with van der Waals surface area (Å²) in [6, 6.07) is 0. The Morgan fingerprint density at radius 2 is 2.06 bits per heavy atom. The van der Waals surface area contributed by atoms with Crippen molar-refractivity contribution in [1.29, 1.82) is 0 Å². The topological polar surface area (TPSA) is 46.5 Å². The van der Waals surface area contributed by atoms with E-state index < -0.39 is 5.97 Å². The first-order valence-corrected chi connectivity index (χ1v) is 6.64. The van der Waals surface area contributed by atoms with Crippen LogP contribution in [0.5, 0.6) is 0 Å². The molecule has 0 radical (unpaired) electrons. The fourth-order valence-electron chi connectivity index (χ4n) is 7.72. The van der Waals surface area contributed by atoms with Gasteiger partial charge in [0.15, 0.2) is 0 Å². The average molecular weight is 218 g/mol. The molecule has 7 fully saturated rings. The van der Waals surface area contributed by atoms with E-state index in [1.54, 1.807) is 0 Å². The van der Waals surface area contributed by atoms with Gasteiger partial charge in [-0.05, 0) is 53.8 Å². The minimum absolute atomic E-state index is 0.192. The zero-order valence-electron chi connectivity index (χ0n) is 8.87. The molecule has 0 aromatic rings. The molecule has 1 N–H and O–H groups in total. The lowest BCUT2D eigenvalue weighted by Crippen LogP contribution is -2.49. The highest BCUT2D eigenvalue weighted by atomic mass is 16.5. The molecule has 10 atom stereocenters. The SMILES string of the molecule is O=C(O)C[C@]12O[C@H]3[C@H]4[C@H]5[C@H]6C[C@H]([C@@H]5[C@H]41)[C@@H]2[C@@H]63. The Morgan fingerprint density at radius 1 is 1.19 bits per heavy atom. The zero-order chi connectivity index (χ0) is 10.4. The van der Waals surface area contributed by atoms with E-state index in [1.807, 2.05) is 0 Å². The Kier molecular flexibility index (Phi) is 0.848. The highest BCUT2D eigenvalue weighted by Gasteiger charge is 2.92. The molecule has 16 heavy (non-hydrogen) atoms. The van der Waals surface area contributed by atoms with E-state index in [0.29, 0.717) is 17.9 Å². The van der Waals surface area contributed by atoms with Gasteiger partial charge in [0.2, 0.25) is 0 Å². The molecule has 3 heteroatoms. The van der Waals surface area contributed by atoms with Crippen LogP contribution in [-0.2, 0) is 9.53 Å². The van der Waals surface area contributed by atoms with Gasteiger partial charge in [-0.2, -0.15) is 0 Å². The summed E-state index contributed by atoms with van der Waals surface area (Å²) >= 11 is 0. The van der Waals surface area contributed by atoms with Gasteiger partial charge in [-0.1, -0.05) is 0 Å². The fraction of sp³-hybridized carbons (Fsp3) is 0.923. The lowest BCUT2D eigenvalue weighted by Gasteiger charge is -2.45. The van der Waals surface area contributed by atoms with Gasteiger partial charge < -0.3 is 9.84 Å². The molecule has 2 heterocycles. The molecule has 5 saturated carbocycles. The van der Waals surface area contributed by atoms with Gasteiger partial charge in [0.25, 0.3) is 0 Å². The summed E-state index contributed by atoms with van der Waals surface area (Å²) in [5.74, 6) is 5.83. The first-order chi connectivity index (χ1) is 7.74. The van der Waals surface area contributed by atoms with Gasteiger partial charge in [0.1, 0.15) is 0 Å². The molecule has 4 bridgehead atoms. The largest absolute Gasteiger partial charge is 0.481 e. The van der Waals surface area contributed by atoms with Crippen molar-refractivity contribution in [1.82, 2.24) is 0 Å². The number of carbonyl (C=O) groups is 1. The van der Waals surface area contributed by atoms with E-state index in [4.69, 9.17) is 4.74 Å². The zero-order valence-corrected chi connectivity index (χ0v) is 8.87. The van der Waals surface area contributed by atoms with Crippen LogP contribution in [0.25, 0.3) is 0 Å². The molecule has 0 amide bonds. The summed E-state index contributed by atoms with van der Waals surface area (Å²) in [5, 5.41) is 9.17. The van der Waals surface area contributed by atoms with Crippen molar-refractivity contribution in [3.8, 4) is 0 Å². The van der Waals surface area contributed by atoms with E-state index in [2.05, 4.69) is 0 Å². The smallest absolute Gasteiger partial charge is 0.306 e. The minimum atomic E-state index is -0.645. The highest BCUT2D eigenvalue weighted by molar-refractivity contribution is 5.69. The molecule has 84 valence electrons. The van der Waals surface area contributed by atoms with Crippen molar-refractivity contribution in [3.05, 3.63) is 0 Å². The Bertz CT molecular complexity index is 450. The van der Waals surface area contributed by atoms with Gasteiger partial charge >= 0.3 is 5.97 Å². The molecular weight excluding hydrogens is 204 g/mol. The Hall–Kier alpha value is -0.570. The average Bonchev–Trinajstić information content (AvgIpc) is 2.73. The Morgan fingerprint density at radius 3 is 2.88 bits per heavy atom.